The van der Waals surface area contributed by atoms with Gasteiger partial charge in [-0.05, 0) is 37.7 Å². The molecular formula is C16H21FN2O. The lowest BCUT2D eigenvalue weighted by Gasteiger charge is -2.25. The van der Waals surface area contributed by atoms with E-state index in [4.69, 9.17) is 4.42 Å². The Morgan fingerprint density at radius 3 is 2.70 bits per heavy atom. The fourth-order valence-electron chi connectivity index (χ4n) is 2.23. The van der Waals surface area contributed by atoms with Gasteiger partial charge in [0.05, 0.1) is 12.8 Å². The van der Waals surface area contributed by atoms with Gasteiger partial charge in [-0.25, -0.2) is 4.39 Å². The zero-order valence-corrected chi connectivity index (χ0v) is 12.0. The summed E-state index contributed by atoms with van der Waals surface area (Å²) in [5, 5.41) is 3.19. The van der Waals surface area contributed by atoms with Crippen LogP contribution in [0.2, 0.25) is 0 Å². The lowest BCUT2D eigenvalue weighted by atomic mass is 10.1. The Hall–Kier alpha value is -1.81. The molecule has 3 nitrogen and oxygen atoms in total. The van der Waals surface area contributed by atoms with E-state index in [-0.39, 0.29) is 5.82 Å². The molecule has 1 aromatic carbocycles. The van der Waals surface area contributed by atoms with Crippen LogP contribution < -0.4 is 10.2 Å². The normalized spacial score (nSPS) is 10.8. The summed E-state index contributed by atoms with van der Waals surface area (Å²) in [6.45, 7) is 6.87. The van der Waals surface area contributed by atoms with E-state index in [1.54, 1.807) is 12.3 Å². The second kappa shape index (κ2) is 7.10. The molecular weight excluding hydrogens is 255 g/mol. The quantitative estimate of drug-likeness (QED) is 0.838. The van der Waals surface area contributed by atoms with Gasteiger partial charge in [-0.2, -0.15) is 0 Å². The van der Waals surface area contributed by atoms with Crippen LogP contribution in [0.4, 0.5) is 10.1 Å². The molecule has 0 saturated carbocycles. The Bertz CT molecular complexity index is 525. The Kier molecular flexibility index (Phi) is 5.18. The predicted octanol–water partition coefficient (Wildman–Crippen LogP) is 3.55. The van der Waals surface area contributed by atoms with E-state index in [0.29, 0.717) is 18.7 Å². The standard InChI is InChI=1S/C16H21FN2O/c1-3-18-11-14-15(17)8-5-9-16(14)19(4-2)12-13-7-6-10-20-13/h5-10,18H,3-4,11-12H2,1-2H3. The molecule has 2 rings (SSSR count). The van der Waals surface area contributed by atoms with Crippen LogP contribution in [0.25, 0.3) is 0 Å². The maximum atomic E-state index is 14.1. The summed E-state index contributed by atoms with van der Waals surface area (Å²) in [6.07, 6.45) is 1.66. The minimum atomic E-state index is -0.165. The van der Waals surface area contributed by atoms with E-state index >= 15 is 0 Å². The summed E-state index contributed by atoms with van der Waals surface area (Å²) < 4.78 is 19.4. The molecule has 0 radical (unpaired) electrons. The highest BCUT2D eigenvalue weighted by Gasteiger charge is 2.14. The smallest absolute Gasteiger partial charge is 0.129 e. The molecule has 1 heterocycles. The number of halogens is 1. The average Bonchev–Trinajstić information content (AvgIpc) is 2.96. The van der Waals surface area contributed by atoms with Crippen LogP contribution in [-0.4, -0.2) is 13.1 Å². The molecule has 0 aliphatic rings. The Morgan fingerprint density at radius 1 is 1.20 bits per heavy atom. The van der Waals surface area contributed by atoms with E-state index in [1.165, 1.54) is 6.07 Å². The number of hydrogen-bond donors (Lipinski definition) is 1. The van der Waals surface area contributed by atoms with E-state index in [2.05, 4.69) is 17.1 Å². The largest absolute Gasteiger partial charge is 0.467 e. The van der Waals surface area contributed by atoms with Gasteiger partial charge in [-0.15, -0.1) is 0 Å². The molecule has 20 heavy (non-hydrogen) atoms. The van der Waals surface area contributed by atoms with Crippen LogP contribution in [0.5, 0.6) is 0 Å². The molecule has 0 spiro atoms. The van der Waals surface area contributed by atoms with Crippen molar-refractivity contribution < 1.29 is 8.81 Å². The summed E-state index contributed by atoms with van der Waals surface area (Å²) in [5.74, 6) is 0.715. The fourth-order valence-corrected chi connectivity index (χ4v) is 2.23. The number of anilines is 1. The van der Waals surface area contributed by atoms with Crippen LogP contribution in [0.15, 0.2) is 41.0 Å². The van der Waals surface area contributed by atoms with E-state index in [9.17, 15) is 4.39 Å². The maximum absolute atomic E-state index is 14.1. The van der Waals surface area contributed by atoms with E-state index in [0.717, 1.165) is 24.5 Å². The van der Waals surface area contributed by atoms with Gasteiger partial charge in [-0.1, -0.05) is 13.0 Å². The van der Waals surface area contributed by atoms with E-state index in [1.807, 2.05) is 25.1 Å². The van der Waals surface area contributed by atoms with Crippen molar-refractivity contribution in [1.82, 2.24) is 5.32 Å². The molecule has 0 saturated heterocycles. The van der Waals surface area contributed by atoms with Gasteiger partial charge in [0.1, 0.15) is 11.6 Å². The molecule has 108 valence electrons. The number of nitrogens with zero attached hydrogens (tertiary/aromatic N) is 1. The second-order valence-electron chi connectivity index (χ2n) is 4.61. The second-order valence-corrected chi connectivity index (χ2v) is 4.61. The SMILES string of the molecule is CCNCc1c(F)cccc1N(CC)Cc1ccco1. The zero-order chi connectivity index (χ0) is 14.4. The number of benzene rings is 1. The van der Waals surface area contributed by atoms with Crippen LogP contribution in [0.3, 0.4) is 0 Å². The van der Waals surface area contributed by atoms with Crippen LogP contribution in [-0.2, 0) is 13.1 Å². The van der Waals surface area contributed by atoms with Crippen molar-refractivity contribution in [2.45, 2.75) is 26.9 Å². The molecule has 0 bridgehead atoms. The first-order valence-electron chi connectivity index (χ1n) is 7.01. The molecule has 0 unspecified atom stereocenters. The monoisotopic (exact) mass is 276 g/mol. The third-order valence-corrected chi connectivity index (χ3v) is 3.30. The lowest BCUT2D eigenvalue weighted by Crippen LogP contribution is -2.25. The number of furan rings is 1. The van der Waals surface area contributed by atoms with Crippen molar-refractivity contribution in [3.63, 3.8) is 0 Å². The Morgan fingerprint density at radius 2 is 2.05 bits per heavy atom. The van der Waals surface area contributed by atoms with Crippen LogP contribution in [0, 0.1) is 5.82 Å². The third-order valence-electron chi connectivity index (χ3n) is 3.30. The average molecular weight is 276 g/mol. The van der Waals surface area contributed by atoms with Crippen molar-refractivity contribution in [2.75, 3.05) is 18.0 Å². The minimum Gasteiger partial charge on any atom is -0.467 e. The summed E-state index contributed by atoms with van der Waals surface area (Å²) in [7, 11) is 0. The van der Waals surface area contributed by atoms with Gasteiger partial charge in [0.25, 0.3) is 0 Å². The molecule has 1 aromatic heterocycles. The van der Waals surface area contributed by atoms with Crippen molar-refractivity contribution in [2.24, 2.45) is 0 Å². The Labute approximate surface area is 119 Å². The summed E-state index contributed by atoms with van der Waals surface area (Å²) in [5.41, 5.74) is 1.63. The van der Waals surface area contributed by atoms with E-state index < -0.39 is 0 Å². The first-order valence-corrected chi connectivity index (χ1v) is 7.01. The van der Waals surface area contributed by atoms with Crippen LogP contribution in [0.1, 0.15) is 25.2 Å². The molecule has 1 N–H and O–H groups in total. The summed E-state index contributed by atoms with van der Waals surface area (Å²) in [4.78, 5) is 2.12. The molecule has 0 atom stereocenters. The topological polar surface area (TPSA) is 28.4 Å². The first kappa shape index (κ1) is 14.6. The fraction of sp³-hybridized carbons (Fsp3) is 0.375. The van der Waals surface area contributed by atoms with Gasteiger partial charge in [0, 0.05) is 24.3 Å². The van der Waals surface area contributed by atoms with Crippen molar-refractivity contribution in [3.05, 3.63) is 53.7 Å². The number of rotatable bonds is 7. The zero-order valence-electron chi connectivity index (χ0n) is 12.0. The van der Waals surface area contributed by atoms with Crippen molar-refractivity contribution in [1.29, 1.82) is 0 Å². The summed E-state index contributed by atoms with van der Waals surface area (Å²) >= 11 is 0. The molecule has 0 aliphatic heterocycles. The van der Waals surface area contributed by atoms with Gasteiger partial charge >= 0.3 is 0 Å². The number of nitrogens with one attached hydrogen (secondary N) is 1. The van der Waals surface area contributed by atoms with Gasteiger partial charge in [0.2, 0.25) is 0 Å². The third kappa shape index (κ3) is 3.39. The van der Waals surface area contributed by atoms with Gasteiger partial charge in [0.15, 0.2) is 0 Å². The highest BCUT2D eigenvalue weighted by Crippen LogP contribution is 2.25. The molecule has 0 aliphatic carbocycles. The summed E-state index contributed by atoms with van der Waals surface area (Å²) in [6, 6.07) is 9.03. The van der Waals surface area contributed by atoms with Gasteiger partial charge in [-0.3, -0.25) is 0 Å². The molecule has 0 amide bonds. The van der Waals surface area contributed by atoms with Gasteiger partial charge < -0.3 is 14.6 Å². The molecule has 4 heteroatoms. The minimum absolute atomic E-state index is 0.165. The highest BCUT2D eigenvalue weighted by atomic mass is 19.1. The van der Waals surface area contributed by atoms with Crippen LogP contribution >= 0.6 is 0 Å². The molecule has 0 fully saturated rings. The lowest BCUT2D eigenvalue weighted by molar-refractivity contribution is 0.502. The van der Waals surface area contributed by atoms with Crippen molar-refractivity contribution >= 4 is 5.69 Å². The predicted molar refractivity (Wildman–Crippen MR) is 79.2 cm³/mol. The van der Waals surface area contributed by atoms with Crippen molar-refractivity contribution in [3.8, 4) is 0 Å². The first-order chi connectivity index (χ1) is 9.76. The number of hydrogen-bond acceptors (Lipinski definition) is 3. The molecule has 2 aromatic rings. The Balaban J connectivity index is 2.26. The maximum Gasteiger partial charge on any atom is 0.129 e. The highest BCUT2D eigenvalue weighted by molar-refractivity contribution is 5.54.